The number of hydrogen-bond donors (Lipinski definition) is 3. The second kappa shape index (κ2) is 8.36. The quantitative estimate of drug-likeness (QED) is 0.656. The van der Waals surface area contributed by atoms with E-state index in [2.05, 4.69) is 28.6 Å². The molecule has 0 fully saturated rings. The van der Waals surface area contributed by atoms with Crippen LogP contribution in [0.15, 0.2) is 24.3 Å². The summed E-state index contributed by atoms with van der Waals surface area (Å²) in [4.78, 5) is 0. The maximum absolute atomic E-state index is 11.8. The number of benzene rings is 1. The molecule has 0 saturated carbocycles. The van der Waals surface area contributed by atoms with Gasteiger partial charge in [0.1, 0.15) is 0 Å². The Kier molecular flexibility index (Phi) is 7.14. The van der Waals surface area contributed by atoms with Crippen LogP contribution in [-0.4, -0.2) is 21.5 Å². The molecule has 5 nitrogen and oxygen atoms in total. The van der Waals surface area contributed by atoms with Crippen LogP contribution in [0.25, 0.3) is 0 Å². The Morgan fingerprint density at radius 3 is 2.24 bits per heavy atom. The van der Waals surface area contributed by atoms with Crippen molar-refractivity contribution in [2.75, 3.05) is 17.8 Å². The second-order valence-electron chi connectivity index (χ2n) is 5.65. The van der Waals surface area contributed by atoms with E-state index in [1.54, 1.807) is 12.1 Å². The van der Waals surface area contributed by atoms with Crippen LogP contribution in [0.1, 0.15) is 45.7 Å². The van der Waals surface area contributed by atoms with E-state index in [0.29, 0.717) is 12.2 Å². The molecule has 0 amide bonds. The van der Waals surface area contributed by atoms with Crippen LogP contribution >= 0.6 is 0 Å². The van der Waals surface area contributed by atoms with Gasteiger partial charge in [0.15, 0.2) is 0 Å². The van der Waals surface area contributed by atoms with Crippen LogP contribution in [0.3, 0.4) is 0 Å². The van der Waals surface area contributed by atoms with Crippen molar-refractivity contribution in [1.82, 2.24) is 10.0 Å². The lowest BCUT2D eigenvalue weighted by atomic mass is 10.1. The lowest BCUT2D eigenvalue weighted by molar-refractivity contribution is 0.565. The smallest absolute Gasteiger partial charge is 0.299 e. The highest BCUT2D eigenvalue weighted by Crippen LogP contribution is 2.16. The number of hydrogen-bond acceptors (Lipinski definition) is 3. The van der Waals surface area contributed by atoms with Crippen molar-refractivity contribution < 1.29 is 8.42 Å². The molecule has 1 aromatic carbocycles. The molecular weight excluding hydrogens is 286 g/mol. The Labute approximate surface area is 128 Å². The first-order chi connectivity index (χ1) is 9.84. The van der Waals surface area contributed by atoms with Gasteiger partial charge in [-0.15, -0.1) is 0 Å². The van der Waals surface area contributed by atoms with E-state index in [1.165, 1.54) is 0 Å². The Morgan fingerprint density at radius 2 is 1.71 bits per heavy atom. The molecule has 0 aliphatic carbocycles. The van der Waals surface area contributed by atoms with Gasteiger partial charge in [0.05, 0.1) is 0 Å². The molecule has 0 spiro atoms. The zero-order valence-electron chi connectivity index (χ0n) is 13.3. The first-order valence-electron chi connectivity index (χ1n) is 7.44. The summed E-state index contributed by atoms with van der Waals surface area (Å²) < 4.78 is 28.7. The van der Waals surface area contributed by atoms with Gasteiger partial charge in [-0.1, -0.05) is 32.9 Å². The Bertz CT molecular complexity index is 512. The molecule has 1 aromatic rings. The molecular formula is C15H27N3O2S. The maximum Gasteiger partial charge on any atom is 0.299 e. The third kappa shape index (κ3) is 6.93. The van der Waals surface area contributed by atoms with Gasteiger partial charge in [-0.3, -0.25) is 4.72 Å². The Morgan fingerprint density at radius 1 is 1.10 bits per heavy atom. The summed E-state index contributed by atoms with van der Waals surface area (Å²) in [5.41, 5.74) is 1.71. The van der Waals surface area contributed by atoms with Crippen molar-refractivity contribution in [2.24, 2.45) is 5.92 Å². The van der Waals surface area contributed by atoms with E-state index in [9.17, 15) is 8.42 Å². The molecule has 0 radical (unpaired) electrons. The third-order valence-electron chi connectivity index (χ3n) is 3.05. The SMILES string of the molecule is CCCNC(C)c1ccc(NS(=O)(=O)NCC(C)C)cc1. The summed E-state index contributed by atoms with van der Waals surface area (Å²) in [6, 6.07) is 7.71. The van der Waals surface area contributed by atoms with Gasteiger partial charge >= 0.3 is 0 Å². The normalized spacial score (nSPS) is 13.4. The highest BCUT2D eigenvalue weighted by molar-refractivity contribution is 7.90. The van der Waals surface area contributed by atoms with Crippen LogP contribution < -0.4 is 14.8 Å². The first kappa shape index (κ1) is 17.9. The van der Waals surface area contributed by atoms with E-state index in [1.807, 2.05) is 26.0 Å². The van der Waals surface area contributed by atoms with Crippen LogP contribution in [0.5, 0.6) is 0 Å². The number of nitrogens with one attached hydrogen (secondary N) is 3. The molecule has 0 aliphatic heterocycles. The van der Waals surface area contributed by atoms with Crippen molar-refractivity contribution in [2.45, 2.75) is 40.2 Å². The highest BCUT2D eigenvalue weighted by Gasteiger charge is 2.10. The second-order valence-corrected chi connectivity index (χ2v) is 7.15. The van der Waals surface area contributed by atoms with Crippen molar-refractivity contribution >= 4 is 15.9 Å². The number of anilines is 1. The molecule has 0 aromatic heterocycles. The summed E-state index contributed by atoms with van der Waals surface area (Å²) in [7, 11) is -3.49. The maximum atomic E-state index is 11.8. The minimum Gasteiger partial charge on any atom is -0.310 e. The fraction of sp³-hybridized carbons (Fsp3) is 0.600. The van der Waals surface area contributed by atoms with Gasteiger partial charge in [0, 0.05) is 18.3 Å². The van der Waals surface area contributed by atoms with Gasteiger partial charge in [-0.05, 0) is 43.5 Å². The third-order valence-corrected chi connectivity index (χ3v) is 4.10. The van der Waals surface area contributed by atoms with E-state index in [0.717, 1.165) is 18.5 Å². The largest absolute Gasteiger partial charge is 0.310 e. The predicted molar refractivity (Wildman–Crippen MR) is 88.5 cm³/mol. The molecule has 1 atom stereocenters. The summed E-state index contributed by atoms with van der Waals surface area (Å²) in [5, 5.41) is 3.40. The van der Waals surface area contributed by atoms with Gasteiger partial charge in [-0.2, -0.15) is 13.1 Å². The Balaban J connectivity index is 2.62. The van der Waals surface area contributed by atoms with Crippen molar-refractivity contribution in [3.05, 3.63) is 29.8 Å². The highest BCUT2D eigenvalue weighted by atomic mass is 32.2. The van der Waals surface area contributed by atoms with Crippen LogP contribution in [0, 0.1) is 5.92 Å². The summed E-state index contributed by atoms with van der Waals surface area (Å²) in [6.07, 6.45) is 1.09. The van der Waals surface area contributed by atoms with Gasteiger partial charge < -0.3 is 5.32 Å². The van der Waals surface area contributed by atoms with Crippen molar-refractivity contribution in [3.8, 4) is 0 Å². The standard InChI is InChI=1S/C15H27N3O2S/c1-5-10-16-13(4)14-6-8-15(9-7-14)18-21(19,20)17-11-12(2)3/h6-9,12-13,16-18H,5,10-11H2,1-4H3. The minimum atomic E-state index is -3.49. The van der Waals surface area contributed by atoms with E-state index >= 15 is 0 Å². The molecule has 3 N–H and O–H groups in total. The molecule has 1 unspecified atom stereocenters. The van der Waals surface area contributed by atoms with E-state index in [4.69, 9.17) is 0 Å². The lowest BCUT2D eigenvalue weighted by Gasteiger charge is -2.15. The minimum absolute atomic E-state index is 0.259. The zero-order chi connectivity index (χ0) is 15.9. The average Bonchev–Trinajstić information content (AvgIpc) is 2.43. The van der Waals surface area contributed by atoms with E-state index in [-0.39, 0.29) is 12.0 Å². The lowest BCUT2D eigenvalue weighted by Crippen LogP contribution is -2.32. The van der Waals surface area contributed by atoms with Crippen LogP contribution in [-0.2, 0) is 10.2 Å². The monoisotopic (exact) mass is 313 g/mol. The molecule has 0 aliphatic rings. The van der Waals surface area contributed by atoms with Crippen LogP contribution in [0.2, 0.25) is 0 Å². The van der Waals surface area contributed by atoms with Gasteiger partial charge in [0.2, 0.25) is 0 Å². The molecule has 0 heterocycles. The molecule has 1 rings (SSSR count). The first-order valence-corrected chi connectivity index (χ1v) is 8.93. The fourth-order valence-electron chi connectivity index (χ4n) is 1.79. The predicted octanol–water partition coefficient (Wildman–Crippen LogP) is 2.65. The van der Waals surface area contributed by atoms with Gasteiger partial charge in [0.25, 0.3) is 10.2 Å². The molecule has 120 valence electrons. The molecule has 6 heteroatoms. The molecule has 0 saturated heterocycles. The topological polar surface area (TPSA) is 70.2 Å². The Hall–Kier alpha value is -1.11. The average molecular weight is 313 g/mol. The zero-order valence-corrected chi connectivity index (χ0v) is 14.1. The summed E-state index contributed by atoms with van der Waals surface area (Å²) >= 11 is 0. The van der Waals surface area contributed by atoms with Crippen LogP contribution in [0.4, 0.5) is 5.69 Å². The van der Waals surface area contributed by atoms with Crippen molar-refractivity contribution in [1.29, 1.82) is 0 Å². The molecule has 0 bridgehead atoms. The molecule has 21 heavy (non-hydrogen) atoms. The number of rotatable bonds is 9. The van der Waals surface area contributed by atoms with E-state index < -0.39 is 10.2 Å². The van der Waals surface area contributed by atoms with Crippen molar-refractivity contribution in [3.63, 3.8) is 0 Å². The summed E-state index contributed by atoms with van der Waals surface area (Å²) in [6.45, 7) is 9.53. The summed E-state index contributed by atoms with van der Waals surface area (Å²) in [5.74, 6) is 0.273. The fourth-order valence-corrected chi connectivity index (χ4v) is 2.86. The van der Waals surface area contributed by atoms with Gasteiger partial charge in [-0.25, -0.2) is 0 Å².